The second-order valence-electron chi connectivity index (χ2n) is 4.39. The molecular weight excluding hydrogens is 232 g/mol. The van der Waals surface area contributed by atoms with E-state index in [9.17, 15) is 4.79 Å². The van der Waals surface area contributed by atoms with Crippen LogP contribution in [0.15, 0.2) is 12.2 Å². The minimum absolute atomic E-state index is 0.226. The van der Waals surface area contributed by atoms with Gasteiger partial charge < -0.3 is 14.2 Å². The first-order valence-corrected chi connectivity index (χ1v) is 6.79. The summed E-state index contributed by atoms with van der Waals surface area (Å²) in [4.78, 5) is 9.18. The molecular formula is C14H24O4. The summed E-state index contributed by atoms with van der Waals surface area (Å²) in [5.74, 6) is 0. The molecule has 1 fully saturated rings. The van der Waals surface area contributed by atoms with Crippen molar-refractivity contribution in [3.05, 3.63) is 12.2 Å². The smallest absolute Gasteiger partial charge is 0.293 e. The summed E-state index contributed by atoms with van der Waals surface area (Å²) in [6.07, 6.45) is 9.06. The van der Waals surface area contributed by atoms with E-state index in [4.69, 9.17) is 9.47 Å². The van der Waals surface area contributed by atoms with Crippen molar-refractivity contribution < 1.29 is 19.0 Å². The number of carbonyl (C=O) groups is 1. The van der Waals surface area contributed by atoms with Crippen molar-refractivity contribution in [3.8, 4) is 0 Å². The maximum atomic E-state index is 9.18. The average molecular weight is 256 g/mol. The molecule has 0 amide bonds. The highest BCUT2D eigenvalue weighted by molar-refractivity contribution is 5.36. The first-order valence-electron chi connectivity index (χ1n) is 6.79. The lowest BCUT2D eigenvalue weighted by Crippen LogP contribution is -2.27. The predicted molar refractivity (Wildman–Crippen MR) is 69.4 cm³/mol. The van der Waals surface area contributed by atoms with Crippen molar-refractivity contribution in [3.63, 3.8) is 0 Å². The van der Waals surface area contributed by atoms with E-state index in [1.165, 1.54) is 0 Å². The molecule has 0 spiro atoms. The van der Waals surface area contributed by atoms with Crippen LogP contribution >= 0.6 is 0 Å². The Morgan fingerprint density at radius 3 is 2.61 bits per heavy atom. The summed E-state index contributed by atoms with van der Waals surface area (Å²) < 4.78 is 15.6. The fraction of sp³-hybridized carbons (Fsp3) is 0.786. The molecule has 1 aliphatic carbocycles. The highest BCUT2D eigenvalue weighted by Gasteiger charge is 2.46. The van der Waals surface area contributed by atoms with Gasteiger partial charge in [0.1, 0.15) is 12.2 Å². The topological polar surface area (TPSA) is 48.1 Å². The van der Waals surface area contributed by atoms with E-state index < -0.39 is 0 Å². The minimum Gasteiger partial charge on any atom is -0.468 e. The summed E-state index contributed by atoms with van der Waals surface area (Å²) in [5.41, 5.74) is 0. The summed E-state index contributed by atoms with van der Waals surface area (Å²) in [6.45, 7) is 7.01. The Morgan fingerprint density at radius 2 is 2.11 bits per heavy atom. The second kappa shape index (κ2) is 8.27. The van der Waals surface area contributed by atoms with Gasteiger partial charge in [0.15, 0.2) is 0 Å². The summed E-state index contributed by atoms with van der Waals surface area (Å²) in [5, 5.41) is 0. The molecule has 1 heterocycles. The molecule has 4 nitrogen and oxygen atoms in total. The molecule has 0 aromatic rings. The Labute approximate surface area is 109 Å². The largest absolute Gasteiger partial charge is 0.468 e. The lowest BCUT2D eigenvalue weighted by atomic mass is 10.0. The van der Waals surface area contributed by atoms with E-state index in [0.29, 0.717) is 31.4 Å². The maximum Gasteiger partial charge on any atom is 0.293 e. The van der Waals surface area contributed by atoms with Gasteiger partial charge >= 0.3 is 0 Å². The van der Waals surface area contributed by atoms with Gasteiger partial charge in [-0.15, -0.1) is 0 Å². The zero-order chi connectivity index (χ0) is 13.4. The van der Waals surface area contributed by atoms with Gasteiger partial charge in [-0.1, -0.05) is 26.0 Å². The first-order chi connectivity index (χ1) is 8.76. The normalized spacial score (nSPS) is 28.1. The van der Waals surface area contributed by atoms with Gasteiger partial charge in [-0.25, -0.2) is 0 Å². The predicted octanol–water partition coefficient (Wildman–Crippen LogP) is 2.47. The molecule has 0 radical (unpaired) electrons. The number of carbonyl (C=O) groups excluding carboxylic acids is 1. The Hall–Kier alpha value is -0.870. The van der Waals surface area contributed by atoms with Crippen LogP contribution in [0.25, 0.3) is 0 Å². The van der Waals surface area contributed by atoms with Gasteiger partial charge in [-0.2, -0.15) is 0 Å². The molecule has 4 heteroatoms. The lowest BCUT2D eigenvalue weighted by Gasteiger charge is -2.20. The number of hydrogen-bond acceptors (Lipinski definition) is 4. The van der Waals surface area contributed by atoms with Crippen molar-refractivity contribution in [1.82, 2.24) is 0 Å². The highest BCUT2D eigenvalue weighted by atomic mass is 16.6. The number of ether oxygens (including phenoxy) is 3. The van der Waals surface area contributed by atoms with Gasteiger partial charge in [0.05, 0.1) is 18.8 Å². The number of fused-ring (bicyclic) bond motifs is 1. The fourth-order valence-electron chi connectivity index (χ4n) is 1.99. The van der Waals surface area contributed by atoms with Crippen LogP contribution in [-0.4, -0.2) is 37.5 Å². The third kappa shape index (κ3) is 4.78. The Morgan fingerprint density at radius 1 is 1.39 bits per heavy atom. The van der Waals surface area contributed by atoms with Crippen LogP contribution in [0.3, 0.4) is 0 Å². The molecule has 2 aliphatic rings. The molecule has 0 bridgehead atoms. The number of epoxide rings is 1. The minimum atomic E-state index is 0.226. The summed E-state index contributed by atoms with van der Waals surface area (Å²) >= 11 is 0. The molecule has 0 saturated carbocycles. The average Bonchev–Trinajstić information content (AvgIpc) is 3.17. The van der Waals surface area contributed by atoms with Crippen LogP contribution in [0.1, 0.15) is 40.0 Å². The molecule has 1 saturated heterocycles. The zero-order valence-corrected chi connectivity index (χ0v) is 11.5. The van der Waals surface area contributed by atoms with Crippen LogP contribution in [0, 0.1) is 0 Å². The van der Waals surface area contributed by atoms with Crippen LogP contribution in [0.4, 0.5) is 0 Å². The number of rotatable bonds is 6. The molecule has 0 aromatic carbocycles. The highest BCUT2D eigenvalue weighted by Crippen LogP contribution is 2.35. The van der Waals surface area contributed by atoms with E-state index in [1.807, 2.05) is 0 Å². The van der Waals surface area contributed by atoms with Crippen molar-refractivity contribution in [2.24, 2.45) is 0 Å². The van der Waals surface area contributed by atoms with Crippen molar-refractivity contribution >= 4 is 6.47 Å². The fourth-order valence-corrected chi connectivity index (χ4v) is 1.99. The molecule has 104 valence electrons. The van der Waals surface area contributed by atoms with Gasteiger partial charge in [-0.05, 0) is 26.2 Å². The molecule has 1 aliphatic heterocycles. The molecule has 0 unspecified atom stereocenters. The van der Waals surface area contributed by atoms with Gasteiger partial charge in [0, 0.05) is 0 Å². The lowest BCUT2D eigenvalue weighted by molar-refractivity contribution is -0.128. The van der Waals surface area contributed by atoms with Crippen LogP contribution in [0.5, 0.6) is 0 Å². The van der Waals surface area contributed by atoms with E-state index in [1.54, 1.807) is 6.92 Å². The van der Waals surface area contributed by atoms with E-state index in [2.05, 4.69) is 30.7 Å². The molecule has 0 N–H and O–H groups in total. The summed E-state index contributed by atoms with van der Waals surface area (Å²) in [7, 11) is 0. The van der Waals surface area contributed by atoms with Crippen LogP contribution in [0.2, 0.25) is 0 Å². The second-order valence-corrected chi connectivity index (χ2v) is 4.39. The SMILES string of the molecule is CCC(CC)O[C@@H]1C=CC[C@@H]2O[C@H]21.CCOC=O. The van der Waals surface area contributed by atoms with Gasteiger partial charge in [0.25, 0.3) is 6.47 Å². The Balaban J connectivity index is 0.000000280. The number of hydrogen-bond donors (Lipinski definition) is 0. The molecule has 0 aromatic heterocycles. The van der Waals surface area contributed by atoms with E-state index in [0.717, 1.165) is 19.3 Å². The van der Waals surface area contributed by atoms with Crippen LogP contribution < -0.4 is 0 Å². The molecule has 18 heavy (non-hydrogen) atoms. The van der Waals surface area contributed by atoms with Gasteiger partial charge in [0.2, 0.25) is 0 Å². The van der Waals surface area contributed by atoms with Crippen LogP contribution in [-0.2, 0) is 19.0 Å². The van der Waals surface area contributed by atoms with Crippen molar-refractivity contribution in [2.75, 3.05) is 6.61 Å². The zero-order valence-electron chi connectivity index (χ0n) is 11.5. The van der Waals surface area contributed by atoms with Crippen molar-refractivity contribution in [2.45, 2.75) is 64.4 Å². The van der Waals surface area contributed by atoms with Gasteiger partial charge in [-0.3, -0.25) is 4.79 Å². The molecule has 2 rings (SSSR count). The summed E-state index contributed by atoms with van der Waals surface area (Å²) in [6, 6.07) is 0. The Bertz CT molecular complexity index is 261. The van der Waals surface area contributed by atoms with E-state index in [-0.39, 0.29) is 6.10 Å². The monoisotopic (exact) mass is 256 g/mol. The third-order valence-corrected chi connectivity index (χ3v) is 3.13. The first kappa shape index (κ1) is 15.2. The Kier molecular flexibility index (Phi) is 6.98. The van der Waals surface area contributed by atoms with E-state index >= 15 is 0 Å². The third-order valence-electron chi connectivity index (χ3n) is 3.13. The standard InChI is InChI=1S/C11H18O2.C3H6O2/c1-3-8(4-2)12-9-6-5-7-10-11(9)13-10;1-2-5-3-4/h5-6,8-11H,3-4,7H2,1-2H3;3H,2H2,1H3/t9-,10+,11+;/m1./s1. The maximum absolute atomic E-state index is 9.18. The quantitative estimate of drug-likeness (QED) is 0.416. The van der Waals surface area contributed by atoms with Crippen molar-refractivity contribution in [1.29, 1.82) is 0 Å². The molecule has 3 atom stereocenters.